The van der Waals surface area contributed by atoms with E-state index in [2.05, 4.69) is 11.9 Å². The fraction of sp³-hybridized carbons (Fsp3) is 0.667. The average molecular weight is 233 g/mol. The molecule has 7 nitrogen and oxygen atoms in total. The quantitative estimate of drug-likeness (QED) is 0.333. The number of aliphatic hydroxyl groups is 4. The van der Waals surface area contributed by atoms with Crippen molar-refractivity contribution in [2.75, 3.05) is 6.54 Å². The van der Waals surface area contributed by atoms with E-state index in [1.54, 1.807) is 0 Å². The highest BCUT2D eigenvalue weighted by molar-refractivity contribution is 5.86. The van der Waals surface area contributed by atoms with Gasteiger partial charge in [-0.15, -0.1) is 0 Å². The van der Waals surface area contributed by atoms with Crippen LogP contribution in [0.3, 0.4) is 0 Å². The van der Waals surface area contributed by atoms with Crippen LogP contribution < -0.4 is 5.32 Å². The van der Waals surface area contributed by atoms with Crippen molar-refractivity contribution in [2.45, 2.75) is 30.7 Å². The molecule has 16 heavy (non-hydrogen) atoms. The monoisotopic (exact) mass is 233 g/mol. The minimum absolute atomic E-state index is 0.104. The van der Waals surface area contributed by atoms with Crippen LogP contribution in [0.5, 0.6) is 0 Å². The third kappa shape index (κ3) is 2.77. The lowest BCUT2D eigenvalue weighted by Crippen LogP contribution is -2.59. The SMILES string of the molecule is C=CC(=O)NC[C@H]1OC(O)[C@H](O)[C@@H](O)[C@@H]1O. The molecule has 1 unspecified atom stereocenters. The van der Waals surface area contributed by atoms with Crippen molar-refractivity contribution in [1.29, 1.82) is 0 Å². The van der Waals surface area contributed by atoms with Crippen LogP contribution in [0.25, 0.3) is 0 Å². The van der Waals surface area contributed by atoms with Crippen LogP contribution in [0, 0.1) is 0 Å². The Morgan fingerprint density at radius 2 is 1.88 bits per heavy atom. The summed E-state index contributed by atoms with van der Waals surface area (Å²) >= 11 is 0. The predicted molar refractivity (Wildman–Crippen MR) is 52.1 cm³/mol. The number of hydrogen-bond donors (Lipinski definition) is 5. The summed E-state index contributed by atoms with van der Waals surface area (Å²) in [5.74, 6) is -0.467. The zero-order valence-corrected chi connectivity index (χ0v) is 8.48. The maximum atomic E-state index is 10.8. The predicted octanol–water partition coefficient (Wildman–Crippen LogP) is -2.91. The maximum Gasteiger partial charge on any atom is 0.243 e. The van der Waals surface area contributed by atoms with Crippen molar-refractivity contribution < 1.29 is 30.0 Å². The van der Waals surface area contributed by atoms with Gasteiger partial charge in [-0.05, 0) is 6.08 Å². The van der Waals surface area contributed by atoms with E-state index in [-0.39, 0.29) is 6.54 Å². The summed E-state index contributed by atoms with van der Waals surface area (Å²) in [6, 6.07) is 0. The van der Waals surface area contributed by atoms with E-state index in [9.17, 15) is 20.1 Å². The van der Waals surface area contributed by atoms with Gasteiger partial charge in [0.1, 0.15) is 24.4 Å². The first-order valence-electron chi connectivity index (χ1n) is 4.75. The second-order valence-corrected chi connectivity index (χ2v) is 3.49. The second-order valence-electron chi connectivity index (χ2n) is 3.49. The summed E-state index contributed by atoms with van der Waals surface area (Å²) in [7, 11) is 0. The molecule has 5 atom stereocenters. The molecule has 92 valence electrons. The third-order valence-corrected chi connectivity index (χ3v) is 2.35. The van der Waals surface area contributed by atoms with Crippen LogP contribution in [-0.2, 0) is 9.53 Å². The molecule has 0 radical (unpaired) electrons. The molecule has 0 aromatic carbocycles. The van der Waals surface area contributed by atoms with Gasteiger partial charge in [0, 0.05) is 6.54 Å². The fourth-order valence-corrected chi connectivity index (χ4v) is 1.37. The Balaban J connectivity index is 2.53. The van der Waals surface area contributed by atoms with Crippen molar-refractivity contribution in [3.8, 4) is 0 Å². The lowest BCUT2D eigenvalue weighted by atomic mass is 9.99. The summed E-state index contributed by atoms with van der Waals surface area (Å²) in [5.41, 5.74) is 0. The largest absolute Gasteiger partial charge is 0.388 e. The van der Waals surface area contributed by atoms with Crippen molar-refractivity contribution in [2.24, 2.45) is 0 Å². The molecule has 1 saturated heterocycles. The number of aliphatic hydroxyl groups excluding tert-OH is 4. The van der Waals surface area contributed by atoms with Gasteiger partial charge in [0.2, 0.25) is 5.91 Å². The van der Waals surface area contributed by atoms with Crippen LogP contribution in [0.1, 0.15) is 0 Å². The lowest BCUT2D eigenvalue weighted by Gasteiger charge is -2.38. The Labute approximate surface area is 92.0 Å². The highest BCUT2D eigenvalue weighted by Gasteiger charge is 2.42. The summed E-state index contributed by atoms with van der Waals surface area (Å²) in [4.78, 5) is 10.8. The van der Waals surface area contributed by atoms with Crippen LogP contribution in [-0.4, -0.2) is 63.6 Å². The van der Waals surface area contributed by atoms with Gasteiger partial charge < -0.3 is 30.5 Å². The second kappa shape index (κ2) is 5.37. The summed E-state index contributed by atoms with van der Waals surface area (Å²) < 4.78 is 4.82. The molecule has 1 aliphatic rings. The molecular weight excluding hydrogens is 218 g/mol. The fourth-order valence-electron chi connectivity index (χ4n) is 1.37. The van der Waals surface area contributed by atoms with E-state index in [1.165, 1.54) is 0 Å². The molecule has 7 heteroatoms. The normalized spacial score (nSPS) is 39.1. The molecule has 0 aromatic rings. The van der Waals surface area contributed by atoms with Crippen molar-refractivity contribution in [1.82, 2.24) is 5.32 Å². The van der Waals surface area contributed by atoms with Crippen molar-refractivity contribution >= 4 is 5.91 Å². The van der Waals surface area contributed by atoms with Crippen LogP contribution >= 0.6 is 0 Å². The highest BCUT2D eigenvalue weighted by Crippen LogP contribution is 2.19. The Hall–Kier alpha value is -0.990. The van der Waals surface area contributed by atoms with E-state index in [4.69, 9.17) is 9.84 Å². The van der Waals surface area contributed by atoms with E-state index in [0.717, 1.165) is 6.08 Å². The molecular formula is C9H15NO6. The molecule has 5 N–H and O–H groups in total. The van der Waals surface area contributed by atoms with Crippen LogP contribution in [0.4, 0.5) is 0 Å². The molecule has 0 aromatic heterocycles. The molecule has 1 heterocycles. The van der Waals surface area contributed by atoms with Crippen molar-refractivity contribution in [3.05, 3.63) is 12.7 Å². The molecule has 0 spiro atoms. The zero-order chi connectivity index (χ0) is 12.3. The molecule has 0 bridgehead atoms. The number of carbonyl (C=O) groups excluding carboxylic acids is 1. The standard InChI is InChI=1S/C9H15NO6/c1-2-5(11)10-3-4-6(12)7(13)8(14)9(15)16-4/h2,4,6-9,12-15H,1,3H2,(H,10,11)/t4-,6-,7+,8-,9?/m1/s1. The minimum atomic E-state index is -1.59. The topological polar surface area (TPSA) is 119 Å². The summed E-state index contributed by atoms with van der Waals surface area (Å²) in [6.07, 6.45) is -6.02. The number of amides is 1. The maximum absolute atomic E-state index is 10.8. The number of rotatable bonds is 3. The first-order valence-corrected chi connectivity index (χ1v) is 4.75. The zero-order valence-electron chi connectivity index (χ0n) is 8.48. The number of hydrogen-bond acceptors (Lipinski definition) is 6. The van der Waals surface area contributed by atoms with Gasteiger partial charge in [-0.2, -0.15) is 0 Å². The van der Waals surface area contributed by atoms with E-state index < -0.39 is 36.6 Å². The molecule has 1 fully saturated rings. The average Bonchev–Trinajstić information content (AvgIpc) is 2.28. The van der Waals surface area contributed by atoms with E-state index in [1.807, 2.05) is 0 Å². The molecule has 1 amide bonds. The van der Waals surface area contributed by atoms with Gasteiger partial charge in [0.05, 0.1) is 0 Å². The molecule has 1 aliphatic heterocycles. The van der Waals surface area contributed by atoms with E-state index in [0.29, 0.717) is 0 Å². The van der Waals surface area contributed by atoms with Gasteiger partial charge in [0.25, 0.3) is 0 Å². The number of carbonyl (C=O) groups is 1. The Kier molecular flexibility index (Phi) is 4.39. The first kappa shape index (κ1) is 13.1. The number of ether oxygens (including phenoxy) is 1. The lowest BCUT2D eigenvalue weighted by molar-refractivity contribution is -0.280. The first-order chi connectivity index (χ1) is 7.47. The summed E-state index contributed by atoms with van der Waals surface area (Å²) in [5, 5.41) is 39.5. The summed E-state index contributed by atoms with van der Waals surface area (Å²) in [6.45, 7) is 3.13. The Bertz CT molecular complexity index is 271. The van der Waals surface area contributed by atoms with Gasteiger partial charge in [-0.1, -0.05) is 6.58 Å². The van der Waals surface area contributed by atoms with Crippen molar-refractivity contribution in [3.63, 3.8) is 0 Å². The molecule has 0 aliphatic carbocycles. The van der Waals surface area contributed by atoms with Crippen LogP contribution in [0.2, 0.25) is 0 Å². The number of nitrogens with one attached hydrogen (secondary N) is 1. The highest BCUT2D eigenvalue weighted by atomic mass is 16.6. The van der Waals surface area contributed by atoms with Gasteiger partial charge in [-0.25, -0.2) is 0 Å². The minimum Gasteiger partial charge on any atom is -0.388 e. The molecule has 0 saturated carbocycles. The van der Waals surface area contributed by atoms with Gasteiger partial charge in [-0.3, -0.25) is 4.79 Å². The smallest absolute Gasteiger partial charge is 0.243 e. The third-order valence-electron chi connectivity index (χ3n) is 2.35. The molecule has 1 rings (SSSR count). The van der Waals surface area contributed by atoms with Gasteiger partial charge >= 0.3 is 0 Å². The van der Waals surface area contributed by atoms with Gasteiger partial charge in [0.15, 0.2) is 6.29 Å². The Morgan fingerprint density at radius 1 is 1.25 bits per heavy atom. The van der Waals surface area contributed by atoms with E-state index >= 15 is 0 Å². The Morgan fingerprint density at radius 3 is 2.44 bits per heavy atom. The van der Waals surface area contributed by atoms with Crippen LogP contribution in [0.15, 0.2) is 12.7 Å².